The first-order chi connectivity index (χ1) is 14.4. The number of rotatable bonds is 5. The van der Waals surface area contributed by atoms with Crippen LogP contribution in [0.15, 0.2) is 66.7 Å². The van der Waals surface area contributed by atoms with E-state index in [2.05, 4.69) is 5.32 Å². The Labute approximate surface area is 179 Å². The zero-order valence-corrected chi connectivity index (χ0v) is 17.1. The van der Waals surface area contributed by atoms with Crippen molar-refractivity contribution in [2.45, 2.75) is 6.54 Å². The number of carbonyl (C=O) groups is 3. The van der Waals surface area contributed by atoms with Crippen LogP contribution in [-0.2, 0) is 11.3 Å². The van der Waals surface area contributed by atoms with Crippen LogP contribution < -0.4 is 5.32 Å². The number of likely N-dealkylation sites (N-methyl/N-ethyl adjacent to an activating group) is 1. The molecule has 0 atom stereocenters. The summed E-state index contributed by atoms with van der Waals surface area (Å²) in [5, 5.41) is 3.46. The van der Waals surface area contributed by atoms with Gasteiger partial charge in [0.2, 0.25) is 5.91 Å². The summed E-state index contributed by atoms with van der Waals surface area (Å²) in [6.45, 7) is 0.702. The SMILES string of the molecule is CN(CC(=O)Nc1cccc2c1C(=O)c1ccccc1C2=O)Cc1ccc(Cl)cc1. The van der Waals surface area contributed by atoms with Crippen molar-refractivity contribution < 1.29 is 14.4 Å². The number of hydrogen-bond donors (Lipinski definition) is 1. The van der Waals surface area contributed by atoms with Gasteiger partial charge in [-0.15, -0.1) is 0 Å². The van der Waals surface area contributed by atoms with E-state index in [4.69, 9.17) is 11.6 Å². The largest absolute Gasteiger partial charge is 0.324 e. The molecular formula is C24H19ClN2O3. The highest BCUT2D eigenvalue weighted by molar-refractivity contribution is 6.31. The highest BCUT2D eigenvalue weighted by atomic mass is 35.5. The number of halogens is 1. The minimum absolute atomic E-state index is 0.130. The molecule has 0 aliphatic heterocycles. The van der Waals surface area contributed by atoms with Crippen molar-refractivity contribution >= 4 is 34.8 Å². The molecule has 1 amide bonds. The van der Waals surface area contributed by atoms with Crippen LogP contribution in [0.2, 0.25) is 5.02 Å². The third kappa shape index (κ3) is 3.90. The summed E-state index contributed by atoms with van der Waals surface area (Å²) in [7, 11) is 1.83. The number of nitrogens with zero attached hydrogens (tertiary/aromatic N) is 1. The van der Waals surface area contributed by atoms with Crippen LogP contribution in [-0.4, -0.2) is 36.0 Å². The molecule has 0 bridgehead atoms. The van der Waals surface area contributed by atoms with Gasteiger partial charge in [0.25, 0.3) is 0 Å². The van der Waals surface area contributed by atoms with Crippen LogP contribution in [0.5, 0.6) is 0 Å². The molecule has 1 aliphatic carbocycles. The number of ketones is 2. The summed E-state index contributed by atoms with van der Waals surface area (Å²) in [6, 6.07) is 19.1. The van der Waals surface area contributed by atoms with Gasteiger partial charge in [0.15, 0.2) is 11.6 Å². The third-order valence-electron chi connectivity index (χ3n) is 5.01. The van der Waals surface area contributed by atoms with Gasteiger partial charge >= 0.3 is 0 Å². The molecule has 5 nitrogen and oxygen atoms in total. The first kappa shape index (κ1) is 20.0. The maximum Gasteiger partial charge on any atom is 0.238 e. The summed E-state index contributed by atoms with van der Waals surface area (Å²) in [5.41, 5.74) is 2.69. The lowest BCUT2D eigenvalue weighted by Crippen LogP contribution is -2.31. The highest BCUT2D eigenvalue weighted by Crippen LogP contribution is 2.31. The van der Waals surface area contributed by atoms with Gasteiger partial charge in [-0.25, -0.2) is 0 Å². The molecule has 1 aliphatic rings. The van der Waals surface area contributed by atoms with Crippen molar-refractivity contribution in [2.75, 3.05) is 18.9 Å². The van der Waals surface area contributed by atoms with E-state index in [9.17, 15) is 14.4 Å². The van der Waals surface area contributed by atoms with Crippen LogP contribution >= 0.6 is 11.6 Å². The first-order valence-corrected chi connectivity index (χ1v) is 9.86. The fraction of sp³-hybridized carbons (Fsp3) is 0.125. The molecular weight excluding hydrogens is 400 g/mol. The Balaban J connectivity index is 1.52. The maximum absolute atomic E-state index is 13.0. The average molecular weight is 419 g/mol. The van der Waals surface area contributed by atoms with Crippen LogP contribution in [0, 0.1) is 0 Å². The molecule has 0 radical (unpaired) electrons. The highest BCUT2D eigenvalue weighted by Gasteiger charge is 2.31. The van der Waals surface area contributed by atoms with Crippen LogP contribution in [0.3, 0.4) is 0 Å². The van der Waals surface area contributed by atoms with Crippen LogP contribution in [0.4, 0.5) is 5.69 Å². The molecule has 0 aromatic heterocycles. The zero-order valence-electron chi connectivity index (χ0n) is 16.3. The molecule has 0 spiro atoms. The van der Waals surface area contributed by atoms with Gasteiger partial charge in [0, 0.05) is 28.3 Å². The van der Waals surface area contributed by atoms with Crippen LogP contribution in [0.25, 0.3) is 0 Å². The number of carbonyl (C=O) groups excluding carboxylic acids is 3. The minimum atomic E-state index is -0.265. The van der Waals surface area contributed by atoms with E-state index >= 15 is 0 Å². The second kappa shape index (κ2) is 8.22. The van der Waals surface area contributed by atoms with Crippen molar-refractivity contribution in [3.63, 3.8) is 0 Å². The predicted octanol–water partition coefficient (Wildman–Crippen LogP) is 4.19. The summed E-state index contributed by atoms with van der Waals surface area (Å²) >= 11 is 5.91. The summed E-state index contributed by atoms with van der Waals surface area (Å²) < 4.78 is 0. The Bertz CT molecular complexity index is 1160. The lowest BCUT2D eigenvalue weighted by atomic mass is 9.83. The van der Waals surface area contributed by atoms with Gasteiger partial charge in [-0.05, 0) is 30.8 Å². The first-order valence-electron chi connectivity index (χ1n) is 9.48. The molecule has 1 N–H and O–H groups in total. The summed E-state index contributed by atoms with van der Waals surface area (Å²) in [4.78, 5) is 40.3. The molecule has 0 unspecified atom stereocenters. The monoisotopic (exact) mass is 418 g/mol. The molecule has 150 valence electrons. The average Bonchev–Trinajstić information content (AvgIpc) is 2.73. The number of amides is 1. The molecule has 6 heteroatoms. The van der Waals surface area contributed by atoms with Gasteiger partial charge in [-0.2, -0.15) is 0 Å². The van der Waals surface area contributed by atoms with E-state index < -0.39 is 0 Å². The normalized spacial score (nSPS) is 12.5. The molecule has 3 aromatic carbocycles. The van der Waals surface area contributed by atoms with Crippen molar-refractivity contribution in [3.05, 3.63) is 99.6 Å². The summed E-state index contributed by atoms with van der Waals surface area (Å²) in [5.74, 6) is -0.735. The molecule has 30 heavy (non-hydrogen) atoms. The molecule has 3 aromatic rings. The number of benzene rings is 3. The summed E-state index contributed by atoms with van der Waals surface area (Å²) in [6.07, 6.45) is 0. The van der Waals surface area contributed by atoms with Crippen molar-refractivity contribution in [1.29, 1.82) is 0 Å². The Kier molecular flexibility index (Phi) is 5.48. The van der Waals surface area contributed by atoms with E-state index in [1.165, 1.54) is 0 Å². The van der Waals surface area contributed by atoms with E-state index in [-0.39, 0.29) is 29.6 Å². The topological polar surface area (TPSA) is 66.5 Å². The zero-order chi connectivity index (χ0) is 21.3. The number of fused-ring (bicyclic) bond motifs is 2. The Hall–Kier alpha value is -3.28. The van der Waals surface area contributed by atoms with Crippen molar-refractivity contribution in [3.8, 4) is 0 Å². The van der Waals surface area contributed by atoms with Gasteiger partial charge < -0.3 is 5.32 Å². The maximum atomic E-state index is 13.0. The lowest BCUT2D eigenvalue weighted by Gasteiger charge is -2.21. The van der Waals surface area contributed by atoms with Gasteiger partial charge in [-0.1, -0.05) is 60.1 Å². The van der Waals surface area contributed by atoms with E-state index in [1.54, 1.807) is 42.5 Å². The standard InChI is InChI=1S/C24H19ClN2O3/c1-27(13-15-9-11-16(25)12-10-15)14-21(28)26-20-8-4-7-19-22(20)24(30)18-6-3-2-5-17(18)23(19)29/h2-12H,13-14H2,1H3,(H,26,28). The minimum Gasteiger partial charge on any atom is -0.324 e. The van der Waals surface area contributed by atoms with E-state index in [1.807, 2.05) is 36.2 Å². The quantitative estimate of drug-likeness (QED) is 0.528. The van der Waals surface area contributed by atoms with Gasteiger partial charge in [0.1, 0.15) is 0 Å². The smallest absolute Gasteiger partial charge is 0.238 e. The molecule has 0 saturated heterocycles. The number of hydrogen-bond acceptors (Lipinski definition) is 4. The second-order valence-electron chi connectivity index (χ2n) is 7.28. The molecule has 0 heterocycles. The predicted molar refractivity (Wildman–Crippen MR) is 116 cm³/mol. The van der Waals surface area contributed by atoms with Crippen molar-refractivity contribution in [1.82, 2.24) is 4.90 Å². The number of anilines is 1. The van der Waals surface area contributed by atoms with Gasteiger partial charge in [-0.3, -0.25) is 19.3 Å². The van der Waals surface area contributed by atoms with E-state index in [0.717, 1.165) is 5.56 Å². The lowest BCUT2D eigenvalue weighted by molar-refractivity contribution is -0.117. The van der Waals surface area contributed by atoms with Crippen molar-refractivity contribution in [2.24, 2.45) is 0 Å². The molecule has 4 rings (SSSR count). The Morgan fingerprint density at radius 2 is 1.50 bits per heavy atom. The van der Waals surface area contributed by atoms with Gasteiger partial charge in [0.05, 0.1) is 17.8 Å². The third-order valence-corrected chi connectivity index (χ3v) is 5.26. The van der Waals surface area contributed by atoms with E-state index in [0.29, 0.717) is 33.9 Å². The number of nitrogens with one attached hydrogen (secondary N) is 1. The fourth-order valence-corrected chi connectivity index (χ4v) is 3.77. The molecule has 0 saturated carbocycles. The Morgan fingerprint density at radius 1 is 0.867 bits per heavy atom. The second-order valence-corrected chi connectivity index (χ2v) is 7.72. The molecule has 0 fully saturated rings. The van der Waals surface area contributed by atoms with Crippen LogP contribution in [0.1, 0.15) is 37.4 Å². The Morgan fingerprint density at radius 3 is 2.20 bits per heavy atom. The fourth-order valence-electron chi connectivity index (χ4n) is 3.64.